The molecule has 0 bridgehead atoms. The molecule has 0 spiro atoms. The van der Waals surface area contributed by atoms with Gasteiger partial charge in [-0.1, -0.05) is 42.5 Å². The number of rotatable bonds is 6. The molecule has 24 heavy (non-hydrogen) atoms. The number of amides is 1. The summed E-state index contributed by atoms with van der Waals surface area (Å²) in [5.74, 6) is -2.25. The van der Waals surface area contributed by atoms with Crippen molar-refractivity contribution in [2.45, 2.75) is 18.3 Å². The molecule has 5 heteroatoms. The topological polar surface area (TPSA) is 66.4 Å². The van der Waals surface area contributed by atoms with Crippen LogP contribution in [0.3, 0.4) is 0 Å². The van der Waals surface area contributed by atoms with Gasteiger partial charge >= 0.3 is 5.97 Å². The lowest BCUT2D eigenvalue weighted by Gasteiger charge is -2.14. The molecule has 3 unspecified atom stereocenters. The third kappa shape index (κ3) is 3.62. The fourth-order valence-corrected chi connectivity index (χ4v) is 2.93. The van der Waals surface area contributed by atoms with Crippen LogP contribution in [0.2, 0.25) is 0 Å². The second-order valence-electron chi connectivity index (χ2n) is 6.05. The number of hydrogen-bond acceptors (Lipinski definition) is 2. The SMILES string of the molecule is O=C(O)C(CNC(=O)C1CC1c1ccc(F)cc1)c1ccccc1. The molecule has 4 nitrogen and oxygen atoms in total. The van der Waals surface area contributed by atoms with Gasteiger partial charge in [0.1, 0.15) is 5.82 Å². The first-order valence-corrected chi connectivity index (χ1v) is 7.87. The van der Waals surface area contributed by atoms with Crippen LogP contribution in [-0.4, -0.2) is 23.5 Å². The molecule has 1 fully saturated rings. The van der Waals surface area contributed by atoms with Gasteiger partial charge in [0.05, 0.1) is 5.92 Å². The van der Waals surface area contributed by atoms with Crippen molar-refractivity contribution in [3.8, 4) is 0 Å². The Morgan fingerprint density at radius 3 is 2.42 bits per heavy atom. The highest BCUT2D eigenvalue weighted by molar-refractivity contribution is 5.84. The molecule has 0 radical (unpaired) electrons. The molecule has 124 valence electrons. The number of carbonyl (C=O) groups is 2. The number of nitrogens with one attached hydrogen (secondary N) is 1. The molecule has 3 rings (SSSR count). The van der Waals surface area contributed by atoms with Crippen molar-refractivity contribution in [2.75, 3.05) is 6.54 Å². The van der Waals surface area contributed by atoms with E-state index in [1.54, 1.807) is 36.4 Å². The number of carbonyl (C=O) groups excluding carboxylic acids is 1. The summed E-state index contributed by atoms with van der Waals surface area (Å²) in [6.45, 7) is 0.0603. The standard InChI is InChI=1S/C19H18FNO3/c20-14-8-6-13(7-9-14)15-10-16(15)18(22)21-11-17(19(23)24)12-4-2-1-3-5-12/h1-9,15-17H,10-11H2,(H,21,22)(H,23,24). The van der Waals surface area contributed by atoms with Crippen molar-refractivity contribution < 1.29 is 19.1 Å². The van der Waals surface area contributed by atoms with Crippen molar-refractivity contribution in [2.24, 2.45) is 5.92 Å². The number of hydrogen-bond donors (Lipinski definition) is 2. The Labute approximate surface area is 139 Å². The van der Waals surface area contributed by atoms with Crippen LogP contribution in [0.25, 0.3) is 0 Å². The molecule has 3 atom stereocenters. The minimum atomic E-state index is -0.965. The molecule has 0 aromatic heterocycles. The van der Waals surface area contributed by atoms with Crippen LogP contribution in [0.4, 0.5) is 4.39 Å². The van der Waals surface area contributed by atoms with Gasteiger partial charge < -0.3 is 10.4 Å². The summed E-state index contributed by atoms with van der Waals surface area (Å²) in [5, 5.41) is 12.1. The molecule has 2 aromatic carbocycles. The first kappa shape index (κ1) is 16.2. The Bertz CT molecular complexity index is 730. The summed E-state index contributed by atoms with van der Waals surface area (Å²) >= 11 is 0. The Balaban J connectivity index is 1.57. The van der Waals surface area contributed by atoms with Gasteiger partial charge in [-0.15, -0.1) is 0 Å². The lowest BCUT2D eigenvalue weighted by molar-refractivity contribution is -0.138. The van der Waals surface area contributed by atoms with Crippen LogP contribution in [0.5, 0.6) is 0 Å². The normalized spacial score (nSPS) is 20.2. The third-order valence-corrected chi connectivity index (χ3v) is 4.41. The minimum Gasteiger partial charge on any atom is -0.481 e. The first-order chi connectivity index (χ1) is 11.6. The van der Waals surface area contributed by atoms with Crippen molar-refractivity contribution in [3.05, 3.63) is 71.5 Å². The van der Waals surface area contributed by atoms with Crippen molar-refractivity contribution in [3.63, 3.8) is 0 Å². The molecule has 2 aromatic rings. The molecule has 1 saturated carbocycles. The van der Waals surface area contributed by atoms with E-state index in [1.165, 1.54) is 12.1 Å². The predicted molar refractivity (Wildman–Crippen MR) is 87.1 cm³/mol. The van der Waals surface area contributed by atoms with Crippen molar-refractivity contribution in [1.82, 2.24) is 5.32 Å². The maximum absolute atomic E-state index is 12.9. The second kappa shape index (κ2) is 6.83. The van der Waals surface area contributed by atoms with E-state index in [4.69, 9.17) is 0 Å². The summed E-state index contributed by atoms with van der Waals surface area (Å²) in [6.07, 6.45) is 0.709. The summed E-state index contributed by atoms with van der Waals surface area (Å²) < 4.78 is 12.9. The van der Waals surface area contributed by atoms with E-state index in [-0.39, 0.29) is 30.1 Å². The van der Waals surface area contributed by atoms with Crippen molar-refractivity contribution in [1.29, 1.82) is 0 Å². The predicted octanol–water partition coefficient (Wildman–Crippen LogP) is 2.91. The van der Waals surface area contributed by atoms with Gasteiger partial charge in [0.2, 0.25) is 5.91 Å². The molecule has 0 aliphatic heterocycles. The molecule has 0 saturated heterocycles. The lowest BCUT2D eigenvalue weighted by Crippen LogP contribution is -2.32. The smallest absolute Gasteiger partial charge is 0.312 e. The maximum Gasteiger partial charge on any atom is 0.312 e. The lowest BCUT2D eigenvalue weighted by atomic mass is 9.99. The average molecular weight is 327 g/mol. The van der Waals surface area contributed by atoms with E-state index in [0.717, 1.165) is 5.56 Å². The fourth-order valence-electron chi connectivity index (χ4n) is 2.93. The molecule has 1 amide bonds. The van der Waals surface area contributed by atoms with E-state index in [9.17, 15) is 19.1 Å². The summed E-state index contributed by atoms with van der Waals surface area (Å²) in [4.78, 5) is 23.7. The van der Waals surface area contributed by atoms with Gasteiger partial charge in [0, 0.05) is 12.5 Å². The van der Waals surface area contributed by atoms with E-state index in [2.05, 4.69) is 5.32 Å². The van der Waals surface area contributed by atoms with Gasteiger partial charge in [-0.05, 0) is 35.6 Å². The van der Waals surface area contributed by atoms with E-state index >= 15 is 0 Å². The van der Waals surface area contributed by atoms with Crippen LogP contribution < -0.4 is 5.32 Å². The zero-order valence-electron chi connectivity index (χ0n) is 13.0. The van der Waals surface area contributed by atoms with Crippen LogP contribution in [0.15, 0.2) is 54.6 Å². The number of carboxylic acids is 1. The Morgan fingerprint density at radius 1 is 1.12 bits per heavy atom. The molecule has 0 heterocycles. The molecule has 1 aliphatic carbocycles. The van der Waals surface area contributed by atoms with Gasteiger partial charge in [0.25, 0.3) is 0 Å². The maximum atomic E-state index is 12.9. The Kier molecular flexibility index (Phi) is 4.60. The molecule has 1 aliphatic rings. The number of aliphatic carboxylic acids is 1. The van der Waals surface area contributed by atoms with E-state index in [0.29, 0.717) is 12.0 Å². The third-order valence-electron chi connectivity index (χ3n) is 4.41. The van der Waals surface area contributed by atoms with Crippen LogP contribution in [-0.2, 0) is 9.59 Å². The van der Waals surface area contributed by atoms with Gasteiger partial charge in [-0.3, -0.25) is 9.59 Å². The monoisotopic (exact) mass is 327 g/mol. The highest BCUT2D eigenvalue weighted by Crippen LogP contribution is 2.47. The molecular formula is C19H18FNO3. The zero-order chi connectivity index (χ0) is 17.1. The summed E-state index contributed by atoms with van der Waals surface area (Å²) in [5.41, 5.74) is 1.60. The highest BCUT2D eigenvalue weighted by atomic mass is 19.1. The molecule has 2 N–H and O–H groups in total. The van der Waals surface area contributed by atoms with E-state index < -0.39 is 11.9 Å². The zero-order valence-corrected chi connectivity index (χ0v) is 13.0. The quantitative estimate of drug-likeness (QED) is 0.857. The van der Waals surface area contributed by atoms with Crippen molar-refractivity contribution >= 4 is 11.9 Å². The van der Waals surface area contributed by atoms with Gasteiger partial charge in [-0.2, -0.15) is 0 Å². The minimum absolute atomic E-state index is 0.0603. The number of benzene rings is 2. The van der Waals surface area contributed by atoms with Crippen LogP contribution in [0, 0.1) is 11.7 Å². The number of carboxylic acid groups (broad SMARTS) is 1. The van der Waals surface area contributed by atoms with E-state index in [1.807, 2.05) is 6.07 Å². The first-order valence-electron chi connectivity index (χ1n) is 7.87. The Hall–Kier alpha value is -2.69. The summed E-state index contributed by atoms with van der Waals surface area (Å²) in [6, 6.07) is 15.0. The van der Waals surface area contributed by atoms with Crippen LogP contribution >= 0.6 is 0 Å². The fraction of sp³-hybridized carbons (Fsp3) is 0.263. The van der Waals surface area contributed by atoms with Gasteiger partial charge in [0.15, 0.2) is 0 Å². The average Bonchev–Trinajstić information content (AvgIpc) is 3.37. The summed E-state index contributed by atoms with van der Waals surface area (Å²) in [7, 11) is 0. The Morgan fingerprint density at radius 2 is 1.79 bits per heavy atom. The molecular weight excluding hydrogens is 309 g/mol. The second-order valence-corrected chi connectivity index (χ2v) is 6.05. The largest absolute Gasteiger partial charge is 0.481 e. The van der Waals surface area contributed by atoms with Crippen LogP contribution in [0.1, 0.15) is 29.4 Å². The number of halogens is 1. The van der Waals surface area contributed by atoms with Gasteiger partial charge in [-0.25, -0.2) is 4.39 Å². The highest BCUT2D eigenvalue weighted by Gasteiger charge is 2.44.